The number of carbonyl (C=O) groups is 1. The second kappa shape index (κ2) is 5.25. The lowest BCUT2D eigenvalue weighted by atomic mass is 10.2. The molecule has 0 aliphatic carbocycles. The van der Waals surface area contributed by atoms with Crippen LogP contribution in [0.5, 0.6) is 0 Å². The molecule has 2 heterocycles. The van der Waals surface area contributed by atoms with E-state index in [0.29, 0.717) is 18.4 Å². The van der Waals surface area contributed by atoms with Crippen molar-refractivity contribution in [1.29, 1.82) is 0 Å². The Morgan fingerprint density at radius 3 is 2.86 bits per heavy atom. The van der Waals surface area contributed by atoms with Gasteiger partial charge in [-0.05, 0) is 18.6 Å². The number of hydrogen-bond acceptors (Lipinski definition) is 5. The summed E-state index contributed by atoms with van der Waals surface area (Å²) in [6.45, 7) is 0.130. The fraction of sp³-hybridized carbons (Fsp3) is 0.385. The standard InChI is InChI=1S/C13H15N3O5S/c1-16-10-4-3-9(6-11(10)21-13(16)18)22(19,20)14-7-8-2-5-12(17)15-8/h3-4,6,8,14H,2,5,7H2,1H3,(H,15,17). The number of fused-ring (bicyclic) bond motifs is 1. The summed E-state index contributed by atoms with van der Waals surface area (Å²) in [5, 5.41) is 2.69. The molecule has 3 rings (SSSR count). The third-order valence-corrected chi connectivity index (χ3v) is 5.10. The molecule has 0 saturated carbocycles. The van der Waals surface area contributed by atoms with Crippen LogP contribution in [0, 0.1) is 0 Å². The van der Waals surface area contributed by atoms with Crippen LogP contribution in [0.25, 0.3) is 11.1 Å². The van der Waals surface area contributed by atoms with Crippen molar-refractivity contribution < 1.29 is 17.6 Å². The summed E-state index contributed by atoms with van der Waals surface area (Å²) in [6, 6.07) is 4.05. The average Bonchev–Trinajstić information content (AvgIpc) is 3.01. The van der Waals surface area contributed by atoms with Crippen LogP contribution < -0.4 is 15.8 Å². The number of nitrogens with zero attached hydrogens (tertiary/aromatic N) is 1. The Kier molecular flexibility index (Phi) is 3.53. The second-order valence-electron chi connectivity index (χ2n) is 5.21. The Morgan fingerprint density at radius 1 is 1.41 bits per heavy atom. The second-order valence-corrected chi connectivity index (χ2v) is 6.98. The van der Waals surface area contributed by atoms with Crippen molar-refractivity contribution in [2.75, 3.05) is 6.54 Å². The van der Waals surface area contributed by atoms with Crippen LogP contribution in [0.15, 0.2) is 32.3 Å². The van der Waals surface area contributed by atoms with Gasteiger partial charge in [0.15, 0.2) is 5.58 Å². The van der Waals surface area contributed by atoms with E-state index in [2.05, 4.69) is 10.0 Å². The number of oxazole rings is 1. The minimum atomic E-state index is -3.73. The molecule has 0 bridgehead atoms. The molecule has 1 amide bonds. The largest absolute Gasteiger partial charge is 0.419 e. The van der Waals surface area contributed by atoms with Crippen LogP contribution in [0.4, 0.5) is 0 Å². The van der Waals surface area contributed by atoms with Crippen LogP contribution in [-0.2, 0) is 21.9 Å². The van der Waals surface area contributed by atoms with Gasteiger partial charge >= 0.3 is 5.76 Å². The Balaban J connectivity index is 1.82. The van der Waals surface area contributed by atoms with Gasteiger partial charge in [0.25, 0.3) is 0 Å². The number of rotatable bonds is 4. The van der Waals surface area contributed by atoms with E-state index in [1.807, 2.05) is 0 Å². The SMILES string of the molecule is Cn1c(=O)oc2cc(S(=O)(=O)NCC3CCC(=O)N3)ccc21. The van der Waals surface area contributed by atoms with Crippen molar-refractivity contribution in [2.45, 2.75) is 23.8 Å². The highest BCUT2D eigenvalue weighted by Gasteiger charge is 2.23. The summed E-state index contributed by atoms with van der Waals surface area (Å²) in [7, 11) is -2.19. The molecular weight excluding hydrogens is 310 g/mol. The van der Waals surface area contributed by atoms with Crippen molar-refractivity contribution in [3.63, 3.8) is 0 Å². The van der Waals surface area contributed by atoms with Gasteiger partial charge in [-0.1, -0.05) is 0 Å². The van der Waals surface area contributed by atoms with E-state index >= 15 is 0 Å². The Morgan fingerprint density at radius 2 is 2.18 bits per heavy atom. The average molecular weight is 325 g/mol. The minimum Gasteiger partial charge on any atom is -0.408 e. The van der Waals surface area contributed by atoms with Gasteiger partial charge in [0.1, 0.15) is 0 Å². The minimum absolute atomic E-state index is 0.0127. The molecule has 0 spiro atoms. The fourth-order valence-corrected chi connectivity index (χ4v) is 3.50. The molecule has 1 atom stereocenters. The first-order chi connectivity index (χ1) is 10.4. The van der Waals surface area contributed by atoms with Crippen LogP contribution in [0.1, 0.15) is 12.8 Å². The molecule has 8 nitrogen and oxygen atoms in total. The predicted octanol–water partition coefficient (Wildman–Crippen LogP) is -0.312. The van der Waals surface area contributed by atoms with Gasteiger partial charge in [0.2, 0.25) is 15.9 Å². The third-order valence-electron chi connectivity index (χ3n) is 3.68. The molecule has 1 aliphatic heterocycles. The molecule has 2 aromatic rings. The molecule has 1 aromatic carbocycles. The van der Waals surface area contributed by atoms with Gasteiger partial charge in [0.05, 0.1) is 10.4 Å². The van der Waals surface area contributed by atoms with Gasteiger partial charge in [0, 0.05) is 32.1 Å². The predicted molar refractivity (Wildman–Crippen MR) is 77.8 cm³/mol. The molecule has 22 heavy (non-hydrogen) atoms. The molecular formula is C13H15N3O5S. The molecule has 1 saturated heterocycles. The van der Waals surface area contributed by atoms with E-state index in [4.69, 9.17) is 4.42 Å². The first-order valence-corrected chi connectivity index (χ1v) is 8.24. The first kappa shape index (κ1) is 14.8. The highest BCUT2D eigenvalue weighted by molar-refractivity contribution is 7.89. The lowest BCUT2D eigenvalue weighted by Crippen LogP contribution is -2.38. The zero-order chi connectivity index (χ0) is 15.9. The smallest absolute Gasteiger partial charge is 0.408 e. The lowest BCUT2D eigenvalue weighted by molar-refractivity contribution is -0.119. The van der Waals surface area contributed by atoms with Gasteiger partial charge in [-0.3, -0.25) is 9.36 Å². The highest BCUT2D eigenvalue weighted by Crippen LogP contribution is 2.18. The topological polar surface area (TPSA) is 110 Å². The Bertz CT molecular complexity index is 896. The molecule has 0 radical (unpaired) electrons. The number of aryl methyl sites for hydroxylation is 1. The van der Waals surface area contributed by atoms with Crippen LogP contribution in [0.3, 0.4) is 0 Å². The number of aromatic nitrogens is 1. The fourth-order valence-electron chi connectivity index (χ4n) is 2.41. The summed E-state index contributed by atoms with van der Waals surface area (Å²) >= 11 is 0. The summed E-state index contributed by atoms with van der Waals surface area (Å²) in [6.07, 6.45) is 1.02. The Hall–Kier alpha value is -2.13. The lowest BCUT2D eigenvalue weighted by Gasteiger charge is -2.11. The monoisotopic (exact) mass is 325 g/mol. The normalized spacial score (nSPS) is 18.8. The maximum Gasteiger partial charge on any atom is 0.419 e. The van der Waals surface area contributed by atoms with Crippen LogP contribution >= 0.6 is 0 Å². The van der Waals surface area contributed by atoms with E-state index in [1.54, 1.807) is 7.05 Å². The van der Waals surface area contributed by atoms with E-state index in [1.165, 1.54) is 22.8 Å². The maximum atomic E-state index is 12.3. The van der Waals surface area contributed by atoms with Crippen molar-refractivity contribution in [3.05, 3.63) is 28.7 Å². The van der Waals surface area contributed by atoms with Gasteiger partial charge < -0.3 is 9.73 Å². The van der Waals surface area contributed by atoms with E-state index in [9.17, 15) is 18.0 Å². The summed E-state index contributed by atoms with van der Waals surface area (Å²) in [5.74, 6) is -0.622. The molecule has 1 aromatic heterocycles. The van der Waals surface area contributed by atoms with E-state index < -0.39 is 15.8 Å². The van der Waals surface area contributed by atoms with Crippen LogP contribution in [0.2, 0.25) is 0 Å². The number of nitrogens with one attached hydrogen (secondary N) is 2. The number of amides is 1. The molecule has 9 heteroatoms. The van der Waals surface area contributed by atoms with Crippen LogP contribution in [-0.4, -0.2) is 31.5 Å². The van der Waals surface area contributed by atoms with Crippen molar-refractivity contribution in [1.82, 2.24) is 14.6 Å². The van der Waals surface area contributed by atoms with Crippen molar-refractivity contribution in [2.24, 2.45) is 7.05 Å². The molecule has 2 N–H and O–H groups in total. The molecule has 1 unspecified atom stereocenters. The summed E-state index contributed by atoms with van der Waals surface area (Å²) in [4.78, 5) is 22.5. The quantitative estimate of drug-likeness (QED) is 0.801. The number of benzene rings is 1. The number of hydrogen-bond donors (Lipinski definition) is 2. The Labute approximate surface area is 126 Å². The third kappa shape index (κ3) is 2.64. The van der Waals surface area contributed by atoms with Gasteiger partial charge in [-0.25, -0.2) is 17.9 Å². The number of carbonyl (C=O) groups excluding carboxylic acids is 1. The van der Waals surface area contributed by atoms with Crippen molar-refractivity contribution >= 4 is 27.0 Å². The van der Waals surface area contributed by atoms with E-state index in [-0.39, 0.29) is 29.0 Å². The molecule has 1 fully saturated rings. The van der Waals surface area contributed by atoms with Crippen molar-refractivity contribution in [3.8, 4) is 0 Å². The zero-order valence-electron chi connectivity index (χ0n) is 11.8. The van der Waals surface area contributed by atoms with Gasteiger partial charge in [-0.2, -0.15) is 0 Å². The summed E-state index contributed by atoms with van der Waals surface area (Å²) < 4.78 is 33.2. The van der Waals surface area contributed by atoms with E-state index in [0.717, 1.165) is 0 Å². The maximum absolute atomic E-state index is 12.3. The summed E-state index contributed by atoms with van der Waals surface area (Å²) in [5.41, 5.74) is 0.733. The highest BCUT2D eigenvalue weighted by atomic mass is 32.2. The molecule has 1 aliphatic rings. The number of sulfonamides is 1. The molecule has 118 valence electrons. The first-order valence-electron chi connectivity index (χ1n) is 6.75. The zero-order valence-corrected chi connectivity index (χ0v) is 12.6. The van der Waals surface area contributed by atoms with Gasteiger partial charge in [-0.15, -0.1) is 0 Å².